The molecule has 1 nitrogen and oxygen atoms in total. The van der Waals surface area contributed by atoms with E-state index in [0.29, 0.717) is 0 Å². The van der Waals surface area contributed by atoms with E-state index < -0.39 is 11.6 Å². The summed E-state index contributed by atoms with van der Waals surface area (Å²) in [6.45, 7) is 3.44. The molecule has 0 heterocycles. The Bertz CT molecular complexity index is 226. The monoisotopic (exact) mass is 208 g/mol. The third kappa shape index (κ3) is 2.28. The number of carbonyl (C=O) groups is 1. The van der Waals surface area contributed by atoms with Crippen molar-refractivity contribution in [1.82, 2.24) is 0 Å². The molecular weight excluding hydrogens is 193 g/mol. The molecule has 0 aromatic carbocycles. The highest BCUT2D eigenvalue weighted by Gasteiger charge is 2.62. The Morgan fingerprint density at radius 1 is 1.36 bits per heavy atom. The summed E-state index contributed by atoms with van der Waals surface area (Å²) in [5.41, 5.74) is -1.52. The molecule has 0 unspecified atom stereocenters. The normalized spacial score (nSPS) is 19.9. The number of hydrogen-bond acceptors (Lipinski definition) is 1. The minimum Gasteiger partial charge on any atom is -0.299 e. The molecule has 0 aliphatic heterocycles. The van der Waals surface area contributed by atoms with E-state index in [2.05, 4.69) is 0 Å². The van der Waals surface area contributed by atoms with E-state index in [0.717, 1.165) is 0 Å². The molecule has 0 saturated heterocycles. The Kier molecular flexibility index (Phi) is 2.93. The molecule has 0 aromatic heterocycles. The maximum Gasteiger partial charge on any atom is 0.394 e. The van der Waals surface area contributed by atoms with E-state index in [1.807, 2.05) is 0 Å². The van der Waals surface area contributed by atoms with Crippen LogP contribution in [0.5, 0.6) is 0 Å². The summed E-state index contributed by atoms with van der Waals surface area (Å²) in [7, 11) is 0. The predicted octanol–water partition coefficient (Wildman–Crippen LogP) is 3.33. The first-order valence-corrected chi connectivity index (χ1v) is 4.88. The molecule has 0 amide bonds. The van der Waals surface area contributed by atoms with Gasteiger partial charge in [0, 0.05) is 12.3 Å². The van der Waals surface area contributed by atoms with Crippen LogP contribution in [0.25, 0.3) is 0 Å². The summed E-state index contributed by atoms with van der Waals surface area (Å²) in [6.07, 6.45) is -3.68. The average molecular weight is 208 g/mol. The molecule has 4 heteroatoms. The van der Waals surface area contributed by atoms with Crippen molar-refractivity contribution in [2.45, 2.75) is 45.7 Å². The first-order chi connectivity index (χ1) is 6.28. The van der Waals surface area contributed by atoms with Crippen molar-refractivity contribution in [3.8, 4) is 0 Å². The minimum atomic E-state index is -4.12. The van der Waals surface area contributed by atoms with Gasteiger partial charge in [0.25, 0.3) is 0 Å². The molecule has 1 aliphatic rings. The van der Waals surface area contributed by atoms with Crippen molar-refractivity contribution in [1.29, 1.82) is 0 Å². The lowest BCUT2D eigenvalue weighted by Crippen LogP contribution is -2.25. The first kappa shape index (κ1) is 11.5. The van der Waals surface area contributed by atoms with Crippen LogP contribution in [0.3, 0.4) is 0 Å². The second-order valence-electron chi connectivity index (χ2n) is 4.40. The molecule has 1 aliphatic carbocycles. The number of Topliss-reactive ketones (excluding diaryl/α,β-unsaturated/α-hetero) is 1. The molecule has 0 spiro atoms. The van der Waals surface area contributed by atoms with Gasteiger partial charge in [-0.25, -0.2) is 0 Å². The standard InChI is InChI=1S/C10H15F3O/c1-7(2)8(14)3-4-9(5-6-9)10(11,12)13/h7H,3-6H2,1-2H3. The second-order valence-corrected chi connectivity index (χ2v) is 4.40. The highest BCUT2D eigenvalue weighted by atomic mass is 19.4. The van der Waals surface area contributed by atoms with Crippen molar-refractivity contribution in [3.05, 3.63) is 0 Å². The van der Waals surface area contributed by atoms with Gasteiger partial charge in [0.05, 0.1) is 5.41 Å². The fraction of sp³-hybridized carbons (Fsp3) is 0.900. The number of halogens is 3. The van der Waals surface area contributed by atoms with Crippen LogP contribution >= 0.6 is 0 Å². The molecule has 0 aromatic rings. The maximum absolute atomic E-state index is 12.4. The van der Waals surface area contributed by atoms with Gasteiger partial charge in [-0.15, -0.1) is 0 Å². The van der Waals surface area contributed by atoms with Crippen LogP contribution in [0.1, 0.15) is 39.5 Å². The van der Waals surface area contributed by atoms with Crippen LogP contribution < -0.4 is 0 Å². The maximum atomic E-state index is 12.4. The van der Waals surface area contributed by atoms with Crippen LogP contribution in [0.15, 0.2) is 0 Å². The van der Waals surface area contributed by atoms with E-state index in [1.165, 1.54) is 0 Å². The lowest BCUT2D eigenvalue weighted by Gasteiger charge is -2.18. The summed E-state index contributed by atoms with van der Waals surface area (Å²) in [5, 5.41) is 0. The number of rotatable bonds is 4. The third-order valence-corrected chi connectivity index (χ3v) is 2.95. The van der Waals surface area contributed by atoms with Crippen molar-refractivity contribution in [2.75, 3.05) is 0 Å². The van der Waals surface area contributed by atoms with E-state index >= 15 is 0 Å². The highest BCUT2D eigenvalue weighted by Crippen LogP contribution is 2.60. The average Bonchev–Trinajstić information content (AvgIpc) is 2.78. The summed E-state index contributed by atoms with van der Waals surface area (Å²) < 4.78 is 37.3. The quantitative estimate of drug-likeness (QED) is 0.692. The lowest BCUT2D eigenvalue weighted by atomic mass is 9.94. The molecule has 1 fully saturated rings. The Hall–Kier alpha value is -0.540. The summed E-state index contributed by atoms with van der Waals surface area (Å²) in [5.74, 6) is -0.223. The highest BCUT2D eigenvalue weighted by molar-refractivity contribution is 5.80. The van der Waals surface area contributed by atoms with E-state index in [-0.39, 0.29) is 37.4 Å². The van der Waals surface area contributed by atoms with E-state index in [9.17, 15) is 18.0 Å². The fourth-order valence-electron chi connectivity index (χ4n) is 1.48. The van der Waals surface area contributed by atoms with Crippen LogP contribution in [0.2, 0.25) is 0 Å². The number of hydrogen-bond donors (Lipinski definition) is 0. The van der Waals surface area contributed by atoms with Gasteiger partial charge in [-0.3, -0.25) is 4.79 Å². The van der Waals surface area contributed by atoms with Gasteiger partial charge < -0.3 is 0 Å². The van der Waals surface area contributed by atoms with Gasteiger partial charge in [0.15, 0.2) is 0 Å². The van der Waals surface area contributed by atoms with Crippen LogP contribution in [0, 0.1) is 11.3 Å². The van der Waals surface area contributed by atoms with E-state index in [4.69, 9.17) is 0 Å². The van der Waals surface area contributed by atoms with Gasteiger partial charge in [-0.05, 0) is 19.3 Å². The zero-order valence-electron chi connectivity index (χ0n) is 8.45. The number of alkyl halides is 3. The smallest absolute Gasteiger partial charge is 0.299 e. The largest absolute Gasteiger partial charge is 0.394 e. The van der Waals surface area contributed by atoms with Crippen LogP contribution in [-0.4, -0.2) is 12.0 Å². The minimum absolute atomic E-state index is 0.0203. The molecule has 0 N–H and O–H groups in total. The summed E-state index contributed by atoms with van der Waals surface area (Å²) in [4.78, 5) is 11.2. The van der Waals surface area contributed by atoms with E-state index in [1.54, 1.807) is 13.8 Å². The Labute approximate surface area is 81.7 Å². The summed E-state index contributed by atoms with van der Waals surface area (Å²) in [6, 6.07) is 0. The molecule has 1 rings (SSSR count). The van der Waals surface area contributed by atoms with Gasteiger partial charge in [0.2, 0.25) is 0 Å². The molecule has 82 valence electrons. The van der Waals surface area contributed by atoms with Crippen LogP contribution in [0.4, 0.5) is 13.2 Å². The fourth-order valence-corrected chi connectivity index (χ4v) is 1.48. The zero-order valence-corrected chi connectivity index (χ0v) is 8.45. The van der Waals surface area contributed by atoms with Crippen molar-refractivity contribution in [2.24, 2.45) is 11.3 Å². The molecular formula is C10H15F3O. The number of carbonyl (C=O) groups excluding carboxylic acids is 1. The third-order valence-electron chi connectivity index (χ3n) is 2.95. The first-order valence-electron chi connectivity index (χ1n) is 4.88. The molecule has 1 saturated carbocycles. The Morgan fingerprint density at radius 2 is 1.86 bits per heavy atom. The molecule has 0 bridgehead atoms. The lowest BCUT2D eigenvalue weighted by molar-refractivity contribution is -0.189. The van der Waals surface area contributed by atoms with Gasteiger partial charge in [-0.1, -0.05) is 13.8 Å². The molecule has 0 atom stereocenters. The second kappa shape index (κ2) is 3.55. The number of ketones is 1. The Balaban J connectivity index is 2.43. The van der Waals surface area contributed by atoms with Crippen molar-refractivity contribution >= 4 is 5.78 Å². The topological polar surface area (TPSA) is 17.1 Å². The zero-order chi connectivity index (χ0) is 11.0. The SMILES string of the molecule is CC(C)C(=O)CCC1(C(F)(F)F)CC1. The predicted molar refractivity (Wildman–Crippen MR) is 46.8 cm³/mol. The van der Waals surface area contributed by atoms with Crippen molar-refractivity contribution < 1.29 is 18.0 Å². The van der Waals surface area contributed by atoms with Gasteiger partial charge in [0.1, 0.15) is 5.78 Å². The van der Waals surface area contributed by atoms with Gasteiger partial charge >= 0.3 is 6.18 Å². The summed E-state index contributed by atoms with van der Waals surface area (Å²) >= 11 is 0. The Morgan fingerprint density at radius 3 is 2.14 bits per heavy atom. The molecule has 0 radical (unpaired) electrons. The van der Waals surface area contributed by atoms with Gasteiger partial charge in [-0.2, -0.15) is 13.2 Å². The molecule has 14 heavy (non-hydrogen) atoms. The van der Waals surface area contributed by atoms with Crippen molar-refractivity contribution in [3.63, 3.8) is 0 Å². The van der Waals surface area contributed by atoms with Crippen LogP contribution in [-0.2, 0) is 4.79 Å².